The molecule has 0 spiro atoms. The predicted octanol–water partition coefficient (Wildman–Crippen LogP) is 7.69. The number of thioether (sulfide) groups is 1. The van der Waals surface area contributed by atoms with Gasteiger partial charge in [0.25, 0.3) is 5.91 Å². The van der Waals surface area contributed by atoms with Gasteiger partial charge in [0.1, 0.15) is 5.75 Å². The highest BCUT2D eigenvalue weighted by molar-refractivity contribution is 8.00. The van der Waals surface area contributed by atoms with E-state index < -0.39 is 23.5 Å². The minimum Gasteiger partial charge on any atom is -0.503 e. The van der Waals surface area contributed by atoms with Crippen LogP contribution in [0.3, 0.4) is 0 Å². The van der Waals surface area contributed by atoms with Crippen molar-refractivity contribution >= 4 is 63.1 Å². The summed E-state index contributed by atoms with van der Waals surface area (Å²) in [6.07, 6.45) is 3.22. The number of hydrogen-bond donors (Lipinski definition) is 1. The second-order valence-electron chi connectivity index (χ2n) is 8.80. The highest BCUT2D eigenvalue weighted by Crippen LogP contribution is 2.44. The lowest BCUT2D eigenvalue weighted by molar-refractivity contribution is -0.117. The van der Waals surface area contributed by atoms with Crippen LogP contribution in [0.4, 0.5) is 5.13 Å². The van der Waals surface area contributed by atoms with Gasteiger partial charge in [0.2, 0.25) is 10.9 Å². The van der Waals surface area contributed by atoms with Crippen molar-refractivity contribution in [1.29, 1.82) is 0 Å². The Morgan fingerprint density at radius 2 is 2.02 bits per heavy atom. The monoisotopic (exact) mass is 615 g/mol. The molecule has 12 heteroatoms. The third-order valence-corrected chi connectivity index (χ3v) is 8.80. The van der Waals surface area contributed by atoms with Crippen molar-refractivity contribution in [2.24, 2.45) is 0 Å². The molecule has 1 aliphatic heterocycles. The van der Waals surface area contributed by atoms with Crippen LogP contribution in [0.1, 0.15) is 47.5 Å². The summed E-state index contributed by atoms with van der Waals surface area (Å²) in [7, 11) is 0. The maximum Gasteiger partial charge on any atom is 0.296 e. The van der Waals surface area contributed by atoms with Gasteiger partial charge in [-0.15, -0.1) is 10.2 Å². The zero-order chi connectivity index (χ0) is 28.2. The molecule has 1 unspecified atom stereocenters. The van der Waals surface area contributed by atoms with Gasteiger partial charge in [0.05, 0.1) is 24.5 Å². The zero-order valence-corrected chi connectivity index (χ0v) is 24.3. The fourth-order valence-electron chi connectivity index (χ4n) is 4.14. The fraction of sp³-hybridized carbons (Fsp3) is 0.214. The number of hydrogen-bond acceptors (Lipinski definition) is 9. The number of ether oxygens (including phenoxy) is 1. The van der Waals surface area contributed by atoms with Crippen LogP contribution in [0.15, 0.2) is 80.9 Å². The van der Waals surface area contributed by atoms with Crippen LogP contribution in [0, 0.1) is 0 Å². The van der Waals surface area contributed by atoms with Gasteiger partial charge in [0.15, 0.2) is 15.9 Å². The molecule has 8 nitrogen and oxygen atoms in total. The van der Waals surface area contributed by atoms with Crippen LogP contribution in [0.2, 0.25) is 10.0 Å². The summed E-state index contributed by atoms with van der Waals surface area (Å²) in [5.41, 5.74) is 1.33. The molecule has 4 aromatic rings. The van der Waals surface area contributed by atoms with E-state index in [0.29, 0.717) is 38.1 Å². The zero-order valence-electron chi connectivity index (χ0n) is 21.2. The van der Waals surface area contributed by atoms with Gasteiger partial charge in [-0.25, -0.2) is 0 Å². The molecule has 0 bridgehead atoms. The van der Waals surface area contributed by atoms with Crippen molar-refractivity contribution in [2.75, 3.05) is 11.5 Å². The molecule has 0 fully saturated rings. The summed E-state index contributed by atoms with van der Waals surface area (Å²) in [5.74, 6) is -0.929. The Kier molecular flexibility index (Phi) is 8.80. The number of aliphatic hydroxyl groups excluding tert-OH is 1. The van der Waals surface area contributed by atoms with Gasteiger partial charge in [0, 0.05) is 15.8 Å². The van der Waals surface area contributed by atoms with E-state index in [9.17, 15) is 14.7 Å². The first-order valence-corrected chi connectivity index (χ1v) is 14.9. The Labute approximate surface area is 248 Å². The molecule has 2 aromatic carbocycles. The van der Waals surface area contributed by atoms with E-state index in [4.69, 9.17) is 32.4 Å². The molecule has 2 aromatic heterocycles. The molecule has 0 radical (unpaired) electrons. The summed E-state index contributed by atoms with van der Waals surface area (Å²) >= 11 is 14.9. The number of nitrogens with zero attached hydrogens (tertiary/aromatic N) is 3. The van der Waals surface area contributed by atoms with E-state index in [0.717, 1.165) is 18.4 Å². The number of aliphatic hydroxyl groups is 1. The lowest BCUT2D eigenvalue weighted by Gasteiger charge is -2.24. The van der Waals surface area contributed by atoms with Gasteiger partial charge in [-0.2, -0.15) is 0 Å². The van der Waals surface area contributed by atoms with E-state index in [1.807, 2.05) is 6.07 Å². The van der Waals surface area contributed by atoms with E-state index in [1.165, 1.54) is 40.3 Å². The van der Waals surface area contributed by atoms with Crippen molar-refractivity contribution in [1.82, 2.24) is 10.2 Å². The normalized spacial score (nSPS) is 15.2. The lowest BCUT2D eigenvalue weighted by atomic mass is 9.95. The number of rotatable bonds is 11. The van der Waals surface area contributed by atoms with Gasteiger partial charge in [-0.3, -0.25) is 14.5 Å². The smallest absolute Gasteiger partial charge is 0.296 e. The molecule has 0 aliphatic carbocycles. The summed E-state index contributed by atoms with van der Waals surface area (Å²) < 4.78 is 11.8. The molecule has 1 atom stereocenters. The molecule has 1 N–H and O–H groups in total. The quantitative estimate of drug-likeness (QED) is 0.0792. The number of furan rings is 1. The minimum atomic E-state index is -0.976. The summed E-state index contributed by atoms with van der Waals surface area (Å²) in [6, 6.07) is 14.5. The first kappa shape index (κ1) is 28.2. The molecule has 40 heavy (non-hydrogen) atoms. The SMILES string of the molecule is CCCCOc1cccc(C2C(C(=O)c3ccco3)=C(O)C(=O)N2c2nnc(SCc3ccc(Cl)cc3Cl)s2)c1. The molecule has 206 valence electrons. The van der Waals surface area contributed by atoms with Crippen LogP contribution < -0.4 is 9.64 Å². The Hall–Kier alpha value is -3.31. The van der Waals surface area contributed by atoms with E-state index in [2.05, 4.69) is 17.1 Å². The summed E-state index contributed by atoms with van der Waals surface area (Å²) in [5, 5.41) is 20.8. The molecular formula is C28H23Cl2N3O5S2. The number of ketones is 1. The second kappa shape index (κ2) is 12.5. The fourth-order valence-corrected chi connectivity index (χ4v) is 6.56. The average molecular weight is 617 g/mol. The number of carbonyl (C=O) groups excluding carboxylic acids is 2. The van der Waals surface area contributed by atoms with Crippen molar-refractivity contribution in [3.63, 3.8) is 0 Å². The van der Waals surface area contributed by atoms with Gasteiger partial charge >= 0.3 is 0 Å². The highest BCUT2D eigenvalue weighted by atomic mass is 35.5. The van der Waals surface area contributed by atoms with Gasteiger partial charge in [-0.1, -0.05) is 77.8 Å². The van der Waals surface area contributed by atoms with Crippen LogP contribution >= 0.6 is 46.3 Å². The van der Waals surface area contributed by atoms with Crippen LogP contribution in [0.5, 0.6) is 5.75 Å². The molecule has 3 heterocycles. The Bertz CT molecular complexity index is 1570. The topological polar surface area (TPSA) is 106 Å². The first-order valence-electron chi connectivity index (χ1n) is 12.3. The second-order valence-corrected chi connectivity index (χ2v) is 11.8. The molecule has 0 saturated carbocycles. The molecule has 1 amide bonds. The van der Waals surface area contributed by atoms with Crippen molar-refractivity contribution < 1.29 is 23.8 Å². The van der Waals surface area contributed by atoms with E-state index >= 15 is 0 Å². The number of aromatic nitrogens is 2. The number of unbranched alkanes of at least 4 members (excludes halogenated alkanes) is 1. The largest absolute Gasteiger partial charge is 0.503 e. The number of anilines is 1. The third kappa shape index (κ3) is 5.90. The van der Waals surface area contributed by atoms with E-state index in [1.54, 1.807) is 42.5 Å². The first-order chi connectivity index (χ1) is 19.4. The lowest BCUT2D eigenvalue weighted by Crippen LogP contribution is -2.31. The standard InChI is InChI=1S/C28H23Cl2N3O5S2/c1-2-3-11-37-19-7-4-6-16(13-19)23-22(24(34)21-8-5-12-38-21)25(35)26(36)33(23)27-31-32-28(40-27)39-15-17-9-10-18(29)14-20(17)30/h4-10,12-14,23,35H,2-3,11,15H2,1H3. The van der Waals surface area contributed by atoms with Crippen LogP contribution in [0.25, 0.3) is 0 Å². The van der Waals surface area contributed by atoms with Crippen molar-refractivity contribution in [3.8, 4) is 5.75 Å². The molecule has 1 aliphatic rings. The number of amides is 1. The number of halogens is 2. The number of carbonyl (C=O) groups is 2. The Morgan fingerprint density at radius 1 is 1.18 bits per heavy atom. The molecular weight excluding hydrogens is 593 g/mol. The number of Topliss-reactive ketones (excluding diaryl/α,β-unsaturated/α-hetero) is 1. The van der Waals surface area contributed by atoms with Crippen molar-refractivity contribution in [3.05, 3.63) is 99.1 Å². The minimum absolute atomic E-state index is 0.00454. The molecule has 5 rings (SSSR count). The van der Waals surface area contributed by atoms with Gasteiger partial charge < -0.3 is 14.3 Å². The van der Waals surface area contributed by atoms with Crippen molar-refractivity contribution in [2.45, 2.75) is 35.9 Å². The maximum atomic E-state index is 13.5. The summed E-state index contributed by atoms with van der Waals surface area (Å²) in [6.45, 7) is 2.60. The molecule has 0 saturated heterocycles. The van der Waals surface area contributed by atoms with Crippen LogP contribution in [-0.4, -0.2) is 33.6 Å². The van der Waals surface area contributed by atoms with Crippen LogP contribution in [-0.2, 0) is 10.5 Å². The summed E-state index contributed by atoms with van der Waals surface area (Å²) in [4.78, 5) is 28.2. The predicted molar refractivity (Wildman–Crippen MR) is 156 cm³/mol. The average Bonchev–Trinajstić information content (AvgIpc) is 3.69. The number of benzene rings is 2. The highest BCUT2D eigenvalue weighted by Gasteiger charge is 2.46. The third-order valence-electron chi connectivity index (χ3n) is 6.11. The van der Waals surface area contributed by atoms with E-state index in [-0.39, 0.29) is 16.5 Å². The van der Waals surface area contributed by atoms with Gasteiger partial charge in [-0.05, 0) is 53.9 Å². The maximum absolute atomic E-state index is 13.5. The Morgan fingerprint density at radius 3 is 2.77 bits per heavy atom. The Balaban J connectivity index is 1.48.